The van der Waals surface area contributed by atoms with Gasteiger partial charge in [-0.15, -0.1) is 5.84 Å². The monoisotopic (exact) mass is 427 g/mol. The van der Waals surface area contributed by atoms with E-state index in [1.165, 1.54) is 6.26 Å². The third-order valence-electron chi connectivity index (χ3n) is 5.34. The van der Waals surface area contributed by atoms with E-state index in [0.717, 1.165) is 5.57 Å². The van der Waals surface area contributed by atoms with Gasteiger partial charge in [-0.1, -0.05) is 6.08 Å². The predicted octanol–water partition coefficient (Wildman–Crippen LogP) is 3.22. The molecule has 1 unspecified atom stereocenters. The summed E-state index contributed by atoms with van der Waals surface area (Å²) in [6.45, 7) is 1.07. The molecule has 3 aliphatic rings. The molecule has 3 aliphatic heterocycles. The average Bonchev–Trinajstić information content (AvgIpc) is 3.38. The molecule has 0 saturated heterocycles. The van der Waals surface area contributed by atoms with E-state index < -0.39 is 17.5 Å². The van der Waals surface area contributed by atoms with Gasteiger partial charge in [0.05, 0.1) is 6.26 Å². The summed E-state index contributed by atoms with van der Waals surface area (Å²) in [7, 11) is 0. The van der Waals surface area contributed by atoms with Crippen molar-refractivity contribution in [3.63, 3.8) is 0 Å². The first-order chi connectivity index (χ1) is 14.9. The molecule has 0 aliphatic carbocycles. The molecule has 4 heterocycles. The molecule has 0 saturated carbocycles. The number of allylic oxidation sites excluding steroid dienone is 1. The highest BCUT2D eigenvalue weighted by Crippen LogP contribution is 2.28. The highest BCUT2D eigenvalue weighted by molar-refractivity contribution is 6.31. The zero-order chi connectivity index (χ0) is 21.6. The summed E-state index contributed by atoms with van der Waals surface area (Å²) in [5.41, 5.74) is 1.48. The van der Waals surface area contributed by atoms with E-state index >= 15 is 0 Å². The minimum Gasteiger partial charge on any atom is -0.461 e. The van der Waals surface area contributed by atoms with Crippen molar-refractivity contribution in [3.8, 4) is 0 Å². The Bertz CT molecular complexity index is 1170. The van der Waals surface area contributed by atoms with Gasteiger partial charge in [0, 0.05) is 37.3 Å². The number of hydrogen-bond donors (Lipinski definition) is 1. The molecule has 1 aromatic heterocycles. The minimum absolute atomic E-state index is 0.0501. The van der Waals surface area contributed by atoms with E-state index in [2.05, 4.69) is 15.1 Å². The smallest absolute Gasteiger partial charge is 0.300 e. The van der Waals surface area contributed by atoms with Crippen LogP contribution in [0.1, 0.15) is 17.7 Å². The Morgan fingerprint density at radius 1 is 1.19 bits per heavy atom. The summed E-state index contributed by atoms with van der Waals surface area (Å²) in [6, 6.07) is 4.89. The maximum absolute atomic E-state index is 13.9. The number of fused-ring (bicyclic) bond motifs is 1. The Morgan fingerprint density at radius 2 is 2.00 bits per heavy atom. The van der Waals surface area contributed by atoms with Crippen LogP contribution in [0.4, 0.5) is 13.2 Å². The van der Waals surface area contributed by atoms with Gasteiger partial charge in [-0.3, -0.25) is 4.90 Å². The highest BCUT2D eigenvalue weighted by Gasteiger charge is 2.40. The molecule has 2 aromatic rings. The van der Waals surface area contributed by atoms with Crippen LogP contribution in [0.3, 0.4) is 0 Å². The number of rotatable bonds is 4. The maximum atomic E-state index is 13.9. The Morgan fingerprint density at radius 3 is 2.68 bits per heavy atom. The van der Waals surface area contributed by atoms with Gasteiger partial charge >= 0.3 is 0 Å². The number of quaternary nitrogens is 1. The normalized spacial score (nSPS) is 23.2. The van der Waals surface area contributed by atoms with Crippen LogP contribution in [-0.2, 0) is 6.54 Å². The van der Waals surface area contributed by atoms with Crippen LogP contribution in [-0.4, -0.2) is 40.6 Å². The van der Waals surface area contributed by atoms with Gasteiger partial charge in [-0.25, -0.2) is 18.2 Å². The largest absolute Gasteiger partial charge is 0.461 e. The van der Waals surface area contributed by atoms with Crippen molar-refractivity contribution in [1.29, 1.82) is 0 Å². The van der Waals surface area contributed by atoms with E-state index in [1.807, 2.05) is 11.0 Å². The van der Waals surface area contributed by atoms with Crippen LogP contribution < -0.4 is 5.84 Å². The van der Waals surface area contributed by atoms with Crippen LogP contribution in [0, 0.1) is 17.5 Å². The molecule has 10 heteroatoms. The second-order valence-corrected chi connectivity index (χ2v) is 7.44. The lowest BCUT2D eigenvalue weighted by Crippen LogP contribution is -2.50. The number of furan rings is 1. The lowest BCUT2D eigenvalue weighted by molar-refractivity contribution is -0.803. The lowest BCUT2D eigenvalue weighted by atomic mass is 10.0. The van der Waals surface area contributed by atoms with Gasteiger partial charge < -0.3 is 4.42 Å². The fourth-order valence-corrected chi connectivity index (χ4v) is 3.69. The van der Waals surface area contributed by atoms with Crippen molar-refractivity contribution in [2.24, 2.45) is 20.9 Å². The lowest BCUT2D eigenvalue weighted by Gasteiger charge is -2.28. The molecule has 0 amide bonds. The number of nitrogens with zero attached hydrogens (tertiary/aromatic N) is 5. The Hall–Kier alpha value is -3.34. The van der Waals surface area contributed by atoms with Crippen molar-refractivity contribution in [3.05, 3.63) is 82.9 Å². The summed E-state index contributed by atoms with van der Waals surface area (Å²) in [5, 5.41) is 4.44. The first-order valence-corrected chi connectivity index (χ1v) is 9.64. The third-order valence-corrected chi connectivity index (χ3v) is 5.34. The van der Waals surface area contributed by atoms with Gasteiger partial charge in [0.15, 0.2) is 12.0 Å². The molecular weight excluding hydrogens is 409 g/mol. The summed E-state index contributed by atoms with van der Waals surface area (Å²) < 4.78 is 46.0. The van der Waals surface area contributed by atoms with Gasteiger partial charge in [0.25, 0.3) is 11.7 Å². The van der Waals surface area contributed by atoms with Crippen molar-refractivity contribution in [2.45, 2.75) is 13.0 Å². The second-order valence-electron chi connectivity index (χ2n) is 7.44. The standard InChI is InChI=1S/C21H18F3N6O/c22-14-8-16(23)15(17(24)9-14)11-29-5-3-13(4-6-29)18-12-30(25)20(10-26-18)27-21(28-30)19-2-1-7-31-19/h1-3,7-10,12H,4-6,11,25H2/q+1. The van der Waals surface area contributed by atoms with Gasteiger partial charge in [-0.2, -0.15) is 4.99 Å². The van der Waals surface area contributed by atoms with E-state index in [9.17, 15) is 13.2 Å². The molecular formula is C21H18F3N6O+. The summed E-state index contributed by atoms with van der Waals surface area (Å²) in [5.74, 6) is 5.07. The summed E-state index contributed by atoms with van der Waals surface area (Å²) in [4.78, 5) is 10.7. The van der Waals surface area contributed by atoms with Crippen molar-refractivity contribution in [2.75, 3.05) is 13.1 Å². The number of hydrogen-bond acceptors (Lipinski definition) is 6. The fraction of sp³-hybridized carbons (Fsp3) is 0.190. The van der Waals surface area contributed by atoms with Crippen LogP contribution in [0.25, 0.3) is 0 Å². The molecule has 0 bridgehead atoms. The van der Waals surface area contributed by atoms with Crippen LogP contribution >= 0.6 is 0 Å². The fourth-order valence-electron chi connectivity index (χ4n) is 3.69. The number of nitrogens with two attached hydrogens (primary N) is 1. The molecule has 0 radical (unpaired) electrons. The number of benzene rings is 1. The zero-order valence-electron chi connectivity index (χ0n) is 16.3. The summed E-state index contributed by atoms with van der Waals surface area (Å²) in [6.07, 6.45) is 7.36. The van der Waals surface area contributed by atoms with Crippen LogP contribution in [0.15, 0.2) is 73.6 Å². The third kappa shape index (κ3) is 3.65. The SMILES string of the molecule is N[N+]12C=C(C3=CCN(Cc4c(F)cc(F)cc4F)CC3)N=CC1=NC(c1ccco1)=N2. The average molecular weight is 427 g/mol. The topological polar surface area (TPSA) is 79.5 Å². The van der Waals surface area contributed by atoms with E-state index in [1.54, 1.807) is 24.5 Å². The Balaban J connectivity index is 1.32. The first-order valence-electron chi connectivity index (χ1n) is 9.64. The van der Waals surface area contributed by atoms with Gasteiger partial charge in [0.2, 0.25) is 0 Å². The highest BCUT2D eigenvalue weighted by atomic mass is 19.1. The molecule has 5 rings (SSSR count). The van der Waals surface area contributed by atoms with E-state index in [-0.39, 0.29) is 16.8 Å². The number of amidine groups is 2. The molecule has 0 fully saturated rings. The Kier molecular flexibility index (Phi) is 4.69. The van der Waals surface area contributed by atoms with Crippen LogP contribution in [0.5, 0.6) is 0 Å². The van der Waals surface area contributed by atoms with Crippen molar-refractivity contribution >= 4 is 17.9 Å². The predicted molar refractivity (Wildman–Crippen MR) is 108 cm³/mol. The first kappa shape index (κ1) is 19.6. The van der Waals surface area contributed by atoms with E-state index in [4.69, 9.17) is 10.3 Å². The molecule has 158 valence electrons. The van der Waals surface area contributed by atoms with Crippen molar-refractivity contribution in [1.82, 2.24) is 4.90 Å². The summed E-state index contributed by atoms with van der Waals surface area (Å²) >= 11 is 0. The molecule has 7 nitrogen and oxygen atoms in total. The minimum atomic E-state index is -0.928. The molecule has 0 spiro atoms. The Labute approximate surface area is 175 Å². The molecule has 31 heavy (non-hydrogen) atoms. The number of halogens is 3. The van der Waals surface area contributed by atoms with Crippen molar-refractivity contribution < 1.29 is 22.3 Å². The molecule has 1 atom stereocenters. The van der Waals surface area contributed by atoms with Gasteiger partial charge in [0.1, 0.15) is 29.4 Å². The molecule has 1 aromatic carbocycles. The molecule has 2 N–H and O–H groups in total. The van der Waals surface area contributed by atoms with Gasteiger partial charge in [-0.05, 0) is 33.9 Å². The zero-order valence-corrected chi connectivity index (χ0v) is 16.3. The second kappa shape index (κ2) is 7.41. The number of aliphatic imine (C=N–C) groups is 2. The quantitative estimate of drug-likeness (QED) is 0.601. The maximum Gasteiger partial charge on any atom is 0.300 e. The van der Waals surface area contributed by atoms with E-state index in [0.29, 0.717) is 54.8 Å². The van der Waals surface area contributed by atoms with Crippen LogP contribution in [0.2, 0.25) is 0 Å².